The van der Waals surface area contributed by atoms with E-state index in [1.807, 2.05) is 6.07 Å². The highest BCUT2D eigenvalue weighted by Crippen LogP contribution is 2.25. The van der Waals surface area contributed by atoms with Gasteiger partial charge >= 0.3 is 0 Å². The lowest BCUT2D eigenvalue weighted by Crippen LogP contribution is -2.24. The molecule has 1 fully saturated rings. The monoisotopic (exact) mass is 248 g/mol. The molecule has 0 radical (unpaired) electrons. The molecule has 0 bridgehead atoms. The number of aryl methyl sites for hydroxylation is 1. The summed E-state index contributed by atoms with van der Waals surface area (Å²) in [7, 11) is 2.13. The molecular weight excluding hydrogens is 224 g/mol. The average Bonchev–Trinajstić information content (AvgIpc) is 2.40. The van der Waals surface area contributed by atoms with E-state index in [-0.39, 0.29) is 0 Å². The Balaban J connectivity index is 1.90. The van der Waals surface area contributed by atoms with Gasteiger partial charge in [0.05, 0.1) is 11.4 Å². The molecule has 0 spiro atoms. The van der Waals surface area contributed by atoms with Crippen LogP contribution >= 0.6 is 0 Å². The Morgan fingerprint density at radius 1 is 1.33 bits per heavy atom. The van der Waals surface area contributed by atoms with Crippen LogP contribution in [0.5, 0.6) is 0 Å². The molecule has 1 aromatic carbocycles. The van der Waals surface area contributed by atoms with Gasteiger partial charge < -0.3 is 15.4 Å². The second-order valence-electron chi connectivity index (χ2n) is 5.33. The first-order valence-electron chi connectivity index (χ1n) is 6.82. The van der Waals surface area contributed by atoms with Gasteiger partial charge in [0, 0.05) is 26.8 Å². The van der Waals surface area contributed by atoms with Crippen molar-refractivity contribution < 1.29 is 4.74 Å². The van der Waals surface area contributed by atoms with Gasteiger partial charge in [-0.15, -0.1) is 0 Å². The Bertz CT molecular complexity index is 386. The molecule has 18 heavy (non-hydrogen) atoms. The molecule has 100 valence electrons. The minimum Gasteiger partial charge on any atom is -0.397 e. The van der Waals surface area contributed by atoms with Crippen LogP contribution in [0.25, 0.3) is 0 Å². The number of anilines is 2. The third kappa shape index (κ3) is 3.39. The van der Waals surface area contributed by atoms with Crippen LogP contribution in [0.2, 0.25) is 0 Å². The minimum atomic E-state index is 0.812. The van der Waals surface area contributed by atoms with E-state index in [1.54, 1.807) is 0 Å². The first-order chi connectivity index (χ1) is 8.66. The Hall–Kier alpha value is -1.22. The Morgan fingerprint density at radius 3 is 2.78 bits per heavy atom. The molecule has 0 unspecified atom stereocenters. The summed E-state index contributed by atoms with van der Waals surface area (Å²) in [6.45, 7) is 5.04. The summed E-state index contributed by atoms with van der Waals surface area (Å²) in [4.78, 5) is 2.28. The van der Waals surface area contributed by atoms with Crippen molar-refractivity contribution in [2.24, 2.45) is 5.92 Å². The van der Waals surface area contributed by atoms with Gasteiger partial charge in [0.25, 0.3) is 0 Å². The fraction of sp³-hybridized carbons (Fsp3) is 0.600. The summed E-state index contributed by atoms with van der Waals surface area (Å²) in [5, 5.41) is 0. The van der Waals surface area contributed by atoms with Crippen molar-refractivity contribution in [3.8, 4) is 0 Å². The summed E-state index contributed by atoms with van der Waals surface area (Å²) in [5.74, 6) is 0.812. The Kier molecular flexibility index (Phi) is 4.48. The highest BCUT2D eigenvalue weighted by Gasteiger charge is 2.15. The van der Waals surface area contributed by atoms with Crippen LogP contribution < -0.4 is 10.6 Å². The SMILES string of the molecule is Cc1ccc(N)c(N(C)CCC2CCOCC2)c1. The van der Waals surface area contributed by atoms with E-state index in [9.17, 15) is 0 Å². The molecule has 3 nitrogen and oxygen atoms in total. The third-order valence-electron chi connectivity index (χ3n) is 3.81. The lowest BCUT2D eigenvalue weighted by molar-refractivity contribution is 0.0645. The molecule has 1 aliphatic heterocycles. The van der Waals surface area contributed by atoms with Crippen molar-refractivity contribution in [3.63, 3.8) is 0 Å². The summed E-state index contributed by atoms with van der Waals surface area (Å²) in [5.41, 5.74) is 9.32. The number of nitrogen functional groups attached to an aromatic ring is 1. The predicted octanol–water partition coefficient (Wildman–Crippen LogP) is 2.83. The number of nitrogens with two attached hydrogens (primary N) is 1. The summed E-state index contributed by atoms with van der Waals surface area (Å²) in [6.07, 6.45) is 3.64. The van der Waals surface area contributed by atoms with E-state index >= 15 is 0 Å². The second-order valence-corrected chi connectivity index (χ2v) is 5.33. The molecule has 0 saturated carbocycles. The predicted molar refractivity (Wildman–Crippen MR) is 77.0 cm³/mol. The molecule has 1 aromatic rings. The van der Waals surface area contributed by atoms with E-state index < -0.39 is 0 Å². The number of hydrogen-bond donors (Lipinski definition) is 1. The highest BCUT2D eigenvalue weighted by atomic mass is 16.5. The molecule has 1 aliphatic rings. The fourth-order valence-electron chi connectivity index (χ4n) is 2.52. The molecule has 0 aromatic heterocycles. The van der Waals surface area contributed by atoms with E-state index in [0.717, 1.165) is 37.1 Å². The first kappa shape index (κ1) is 13.2. The van der Waals surface area contributed by atoms with Crippen LogP contribution in [0.1, 0.15) is 24.8 Å². The van der Waals surface area contributed by atoms with Crippen LogP contribution in [0.4, 0.5) is 11.4 Å². The van der Waals surface area contributed by atoms with Gasteiger partial charge in [0.15, 0.2) is 0 Å². The fourth-order valence-corrected chi connectivity index (χ4v) is 2.52. The van der Waals surface area contributed by atoms with Gasteiger partial charge in [-0.05, 0) is 49.8 Å². The molecule has 2 rings (SSSR count). The van der Waals surface area contributed by atoms with Crippen LogP contribution in [0.15, 0.2) is 18.2 Å². The molecule has 0 amide bonds. The molecule has 0 atom stereocenters. The normalized spacial score (nSPS) is 16.8. The Labute approximate surface area is 110 Å². The van der Waals surface area contributed by atoms with Crippen molar-refractivity contribution in [1.29, 1.82) is 0 Å². The van der Waals surface area contributed by atoms with Crippen LogP contribution in [-0.2, 0) is 4.74 Å². The Morgan fingerprint density at radius 2 is 2.06 bits per heavy atom. The second kappa shape index (κ2) is 6.10. The lowest BCUT2D eigenvalue weighted by Gasteiger charge is -2.26. The van der Waals surface area contributed by atoms with Gasteiger partial charge in [-0.1, -0.05) is 6.07 Å². The molecule has 3 heteroatoms. The smallest absolute Gasteiger partial charge is 0.0599 e. The quantitative estimate of drug-likeness (QED) is 0.833. The zero-order chi connectivity index (χ0) is 13.0. The van der Waals surface area contributed by atoms with Crippen LogP contribution in [-0.4, -0.2) is 26.8 Å². The van der Waals surface area contributed by atoms with E-state index in [2.05, 4.69) is 31.0 Å². The molecule has 1 heterocycles. The zero-order valence-corrected chi connectivity index (χ0v) is 11.5. The van der Waals surface area contributed by atoms with Crippen molar-refractivity contribution in [1.82, 2.24) is 0 Å². The topological polar surface area (TPSA) is 38.5 Å². The first-order valence-corrected chi connectivity index (χ1v) is 6.82. The number of rotatable bonds is 4. The lowest BCUT2D eigenvalue weighted by atomic mass is 9.96. The minimum absolute atomic E-state index is 0.812. The van der Waals surface area contributed by atoms with Gasteiger partial charge in [-0.25, -0.2) is 0 Å². The van der Waals surface area contributed by atoms with Crippen LogP contribution in [0, 0.1) is 12.8 Å². The maximum Gasteiger partial charge on any atom is 0.0599 e. The third-order valence-corrected chi connectivity index (χ3v) is 3.81. The maximum atomic E-state index is 6.04. The number of ether oxygens (including phenoxy) is 1. The number of nitrogens with zero attached hydrogens (tertiary/aromatic N) is 1. The average molecular weight is 248 g/mol. The number of hydrogen-bond acceptors (Lipinski definition) is 3. The largest absolute Gasteiger partial charge is 0.397 e. The van der Waals surface area contributed by atoms with Gasteiger partial charge in [0.1, 0.15) is 0 Å². The van der Waals surface area contributed by atoms with Gasteiger partial charge in [0.2, 0.25) is 0 Å². The van der Waals surface area contributed by atoms with Crippen molar-refractivity contribution in [2.45, 2.75) is 26.2 Å². The summed E-state index contributed by atoms with van der Waals surface area (Å²) in [6, 6.07) is 6.22. The van der Waals surface area contributed by atoms with Crippen molar-refractivity contribution >= 4 is 11.4 Å². The molecule has 2 N–H and O–H groups in total. The van der Waals surface area contributed by atoms with Crippen LogP contribution in [0.3, 0.4) is 0 Å². The van der Waals surface area contributed by atoms with Gasteiger partial charge in [-0.2, -0.15) is 0 Å². The molecular formula is C15H24N2O. The van der Waals surface area contributed by atoms with Crippen molar-refractivity contribution in [3.05, 3.63) is 23.8 Å². The number of benzene rings is 1. The maximum absolute atomic E-state index is 6.04. The summed E-state index contributed by atoms with van der Waals surface area (Å²) >= 11 is 0. The zero-order valence-electron chi connectivity index (χ0n) is 11.5. The highest BCUT2D eigenvalue weighted by molar-refractivity contribution is 5.68. The standard InChI is InChI=1S/C15H24N2O/c1-12-3-4-14(16)15(11-12)17(2)8-5-13-6-9-18-10-7-13/h3-4,11,13H,5-10,16H2,1-2H3. The molecule has 1 saturated heterocycles. The van der Waals surface area contributed by atoms with E-state index in [4.69, 9.17) is 10.5 Å². The molecule has 0 aliphatic carbocycles. The van der Waals surface area contributed by atoms with E-state index in [1.165, 1.54) is 24.8 Å². The summed E-state index contributed by atoms with van der Waals surface area (Å²) < 4.78 is 5.39. The van der Waals surface area contributed by atoms with E-state index in [0.29, 0.717) is 0 Å². The van der Waals surface area contributed by atoms with Crippen molar-refractivity contribution in [2.75, 3.05) is 37.4 Å². The van der Waals surface area contributed by atoms with Gasteiger partial charge in [-0.3, -0.25) is 0 Å².